The molecule has 0 bridgehead atoms. The van der Waals surface area contributed by atoms with Crippen molar-refractivity contribution in [1.82, 2.24) is 4.90 Å². The minimum Gasteiger partial charge on any atom is -0.466 e. The van der Waals surface area contributed by atoms with Crippen LogP contribution in [0.3, 0.4) is 0 Å². The first-order valence-electron chi connectivity index (χ1n) is 9.87. The second kappa shape index (κ2) is 7.64. The Hall–Kier alpha value is -3.66. The van der Waals surface area contributed by atoms with Crippen LogP contribution in [0.4, 0.5) is 0 Å². The molecule has 1 aromatic heterocycles. The monoisotopic (exact) mass is 395 g/mol. The van der Waals surface area contributed by atoms with Gasteiger partial charge in [0.15, 0.2) is 5.41 Å². The third-order valence-corrected chi connectivity index (χ3v) is 6.18. The highest BCUT2D eigenvalue weighted by atomic mass is 16.3. The Balaban J connectivity index is 1.80. The van der Waals surface area contributed by atoms with E-state index in [-0.39, 0.29) is 11.6 Å². The molecule has 4 rings (SSSR count). The number of hydrogen-bond acceptors (Lipinski definition) is 6. The molecule has 0 spiro atoms. The lowest BCUT2D eigenvalue weighted by Gasteiger charge is -2.46. The van der Waals surface area contributed by atoms with Gasteiger partial charge < -0.3 is 9.83 Å². The van der Waals surface area contributed by atoms with Crippen LogP contribution in [0.1, 0.15) is 23.0 Å². The highest BCUT2D eigenvalue weighted by Gasteiger charge is 2.58. The van der Waals surface area contributed by atoms with Crippen LogP contribution < -0.4 is 0 Å². The molecular formula is C24H21N5O. The summed E-state index contributed by atoms with van der Waals surface area (Å²) in [6, 6.07) is 20.1. The first kappa shape index (κ1) is 19.6. The van der Waals surface area contributed by atoms with Crippen LogP contribution in [0.5, 0.6) is 0 Å². The standard InChI is InChI=1S/C24H21N5O/c1-16-7-8-21(30-16)22-20-13-29(12-17-5-3-2-4-6-17)10-9-18(20)19(11-25)23(28)24(22,14-26)15-27/h2-9,19-20,22,28H,10,12-13H2,1H3/t19-,20-,22+/m0/s1. The van der Waals surface area contributed by atoms with Gasteiger partial charge in [-0.3, -0.25) is 4.90 Å². The van der Waals surface area contributed by atoms with Crippen molar-refractivity contribution in [3.8, 4) is 18.2 Å². The number of nitrogens with zero attached hydrogens (tertiary/aromatic N) is 4. The molecule has 1 saturated carbocycles. The summed E-state index contributed by atoms with van der Waals surface area (Å²) >= 11 is 0. The maximum absolute atomic E-state index is 10.1. The van der Waals surface area contributed by atoms with E-state index in [1.807, 2.05) is 37.3 Å². The topological polar surface area (TPSA) is 112 Å². The zero-order valence-corrected chi connectivity index (χ0v) is 16.7. The van der Waals surface area contributed by atoms with E-state index in [9.17, 15) is 15.8 Å². The van der Waals surface area contributed by atoms with Crippen LogP contribution in [0, 0.1) is 63.6 Å². The molecule has 2 heterocycles. The maximum atomic E-state index is 10.1. The molecule has 0 radical (unpaired) electrons. The zero-order valence-electron chi connectivity index (χ0n) is 16.7. The Bertz CT molecular complexity index is 1110. The van der Waals surface area contributed by atoms with Crippen molar-refractivity contribution in [3.05, 3.63) is 71.2 Å². The van der Waals surface area contributed by atoms with E-state index in [1.54, 1.807) is 6.07 Å². The van der Waals surface area contributed by atoms with Crippen molar-refractivity contribution in [3.63, 3.8) is 0 Å². The summed E-state index contributed by atoms with van der Waals surface area (Å²) in [5, 5.41) is 38.5. The summed E-state index contributed by atoms with van der Waals surface area (Å²) in [5.74, 6) is -0.546. The molecule has 148 valence electrons. The van der Waals surface area contributed by atoms with E-state index in [1.165, 1.54) is 5.56 Å². The van der Waals surface area contributed by atoms with Gasteiger partial charge in [0.2, 0.25) is 0 Å². The molecule has 1 fully saturated rings. The quantitative estimate of drug-likeness (QED) is 0.791. The summed E-state index contributed by atoms with van der Waals surface area (Å²) in [6.45, 7) is 3.78. The molecule has 0 amide bonds. The van der Waals surface area contributed by atoms with Crippen molar-refractivity contribution < 1.29 is 4.42 Å². The van der Waals surface area contributed by atoms with E-state index in [2.05, 4.69) is 35.2 Å². The Labute approximate surface area is 175 Å². The molecule has 1 aromatic carbocycles. The lowest BCUT2D eigenvalue weighted by Crippen LogP contribution is -2.52. The molecule has 30 heavy (non-hydrogen) atoms. The van der Waals surface area contributed by atoms with Gasteiger partial charge in [-0.05, 0) is 30.2 Å². The van der Waals surface area contributed by atoms with Crippen LogP contribution in [0.25, 0.3) is 0 Å². The second-order valence-electron chi connectivity index (χ2n) is 7.92. The van der Waals surface area contributed by atoms with Crippen molar-refractivity contribution in [2.24, 2.45) is 17.3 Å². The Morgan fingerprint density at radius 3 is 2.47 bits per heavy atom. The first-order chi connectivity index (χ1) is 14.5. The molecule has 2 aliphatic rings. The number of furan rings is 1. The molecule has 3 atom stereocenters. The Kier molecular flexibility index (Phi) is 5.00. The number of aryl methyl sites for hydroxylation is 1. The van der Waals surface area contributed by atoms with Gasteiger partial charge in [-0.1, -0.05) is 36.4 Å². The summed E-state index contributed by atoms with van der Waals surface area (Å²) in [6.07, 6.45) is 2.00. The summed E-state index contributed by atoms with van der Waals surface area (Å²) in [5.41, 5.74) is 0.120. The molecule has 6 heteroatoms. The summed E-state index contributed by atoms with van der Waals surface area (Å²) in [4.78, 5) is 2.25. The fourth-order valence-electron chi connectivity index (χ4n) is 4.76. The maximum Gasteiger partial charge on any atom is 0.192 e. The summed E-state index contributed by atoms with van der Waals surface area (Å²) < 4.78 is 5.87. The predicted molar refractivity (Wildman–Crippen MR) is 110 cm³/mol. The lowest BCUT2D eigenvalue weighted by atomic mass is 9.55. The average Bonchev–Trinajstić information content (AvgIpc) is 3.19. The average molecular weight is 395 g/mol. The van der Waals surface area contributed by atoms with Crippen molar-refractivity contribution in [1.29, 1.82) is 21.2 Å². The van der Waals surface area contributed by atoms with Gasteiger partial charge in [0.25, 0.3) is 0 Å². The molecule has 1 N–H and O–H groups in total. The second-order valence-corrected chi connectivity index (χ2v) is 7.92. The molecule has 0 saturated heterocycles. The van der Waals surface area contributed by atoms with E-state index >= 15 is 0 Å². The van der Waals surface area contributed by atoms with Gasteiger partial charge in [-0.2, -0.15) is 15.8 Å². The van der Waals surface area contributed by atoms with Gasteiger partial charge in [0.1, 0.15) is 17.4 Å². The van der Waals surface area contributed by atoms with Gasteiger partial charge >= 0.3 is 0 Å². The highest BCUT2D eigenvalue weighted by molar-refractivity contribution is 6.00. The third-order valence-electron chi connectivity index (χ3n) is 6.18. The number of fused-ring (bicyclic) bond motifs is 1. The van der Waals surface area contributed by atoms with Crippen molar-refractivity contribution >= 4 is 5.71 Å². The van der Waals surface area contributed by atoms with E-state index < -0.39 is 17.3 Å². The highest BCUT2D eigenvalue weighted by Crippen LogP contribution is 2.53. The number of nitrogens with one attached hydrogen (secondary N) is 1. The van der Waals surface area contributed by atoms with Crippen LogP contribution in [-0.4, -0.2) is 23.7 Å². The van der Waals surface area contributed by atoms with Gasteiger partial charge in [0, 0.05) is 25.6 Å². The van der Waals surface area contributed by atoms with Crippen molar-refractivity contribution in [2.45, 2.75) is 19.4 Å². The van der Waals surface area contributed by atoms with E-state index in [0.717, 1.165) is 12.1 Å². The zero-order chi connectivity index (χ0) is 21.3. The normalized spacial score (nSPS) is 25.3. The fourth-order valence-corrected chi connectivity index (χ4v) is 4.76. The molecule has 0 unspecified atom stereocenters. The van der Waals surface area contributed by atoms with Gasteiger partial charge in [-0.25, -0.2) is 0 Å². The van der Waals surface area contributed by atoms with Crippen LogP contribution in [-0.2, 0) is 6.54 Å². The molecule has 1 aliphatic heterocycles. The Morgan fingerprint density at radius 2 is 1.87 bits per heavy atom. The number of hydrogen-bond donors (Lipinski definition) is 1. The Morgan fingerprint density at radius 1 is 1.13 bits per heavy atom. The lowest BCUT2D eigenvalue weighted by molar-refractivity contribution is 0.185. The number of nitriles is 3. The third kappa shape index (κ3) is 3.01. The summed E-state index contributed by atoms with van der Waals surface area (Å²) in [7, 11) is 0. The number of benzene rings is 1. The van der Waals surface area contributed by atoms with Crippen LogP contribution >= 0.6 is 0 Å². The van der Waals surface area contributed by atoms with E-state index in [4.69, 9.17) is 9.83 Å². The molecule has 2 aromatic rings. The fraction of sp³-hybridized carbons (Fsp3) is 0.333. The molecule has 6 nitrogen and oxygen atoms in total. The SMILES string of the molecule is Cc1ccc([C@H]2[C@H]3CN(Cc4ccccc4)CC=C3[C@H](C#N)C(=N)C2(C#N)C#N)o1. The number of rotatable bonds is 3. The van der Waals surface area contributed by atoms with Crippen molar-refractivity contribution in [2.75, 3.05) is 13.1 Å². The molecule has 1 aliphatic carbocycles. The van der Waals surface area contributed by atoms with Gasteiger partial charge in [0.05, 0.1) is 29.8 Å². The van der Waals surface area contributed by atoms with Crippen LogP contribution in [0.15, 0.2) is 58.5 Å². The van der Waals surface area contributed by atoms with E-state index in [0.29, 0.717) is 24.6 Å². The smallest absolute Gasteiger partial charge is 0.192 e. The predicted octanol–water partition coefficient (Wildman–Crippen LogP) is 3.94. The first-order valence-corrected chi connectivity index (χ1v) is 9.87. The molecular weight excluding hydrogens is 374 g/mol. The van der Waals surface area contributed by atoms with Crippen LogP contribution in [0.2, 0.25) is 0 Å². The minimum atomic E-state index is -1.73. The van der Waals surface area contributed by atoms with Gasteiger partial charge in [-0.15, -0.1) is 0 Å². The minimum absolute atomic E-state index is 0.145. The largest absolute Gasteiger partial charge is 0.466 e.